The Hall–Kier alpha value is -1.79. The Bertz CT molecular complexity index is 532. The van der Waals surface area contributed by atoms with Crippen LogP contribution in [0.5, 0.6) is 5.75 Å². The summed E-state index contributed by atoms with van der Waals surface area (Å²) in [6.45, 7) is 6.93. The highest BCUT2D eigenvalue weighted by molar-refractivity contribution is 5.75. The summed E-state index contributed by atoms with van der Waals surface area (Å²) in [4.78, 5) is 14.6. The van der Waals surface area contributed by atoms with Gasteiger partial charge in [0.25, 0.3) is 0 Å². The van der Waals surface area contributed by atoms with Gasteiger partial charge in [0.1, 0.15) is 5.75 Å². The van der Waals surface area contributed by atoms with E-state index in [1.54, 1.807) is 0 Å². The maximum Gasteiger partial charge on any atom is 0.315 e. The van der Waals surface area contributed by atoms with Gasteiger partial charge < -0.3 is 20.1 Å². The Morgan fingerprint density at radius 1 is 1.30 bits per heavy atom. The number of hydrogen-bond donors (Lipinski definition) is 2. The molecule has 23 heavy (non-hydrogen) atoms. The van der Waals surface area contributed by atoms with Crippen LogP contribution in [0.25, 0.3) is 0 Å². The second-order valence-corrected chi connectivity index (χ2v) is 6.16. The number of carbonyl (C=O) groups is 1. The third kappa shape index (κ3) is 4.36. The molecule has 0 aromatic heterocycles. The normalized spacial score (nSPS) is 22.6. The number of nitrogens with zero attached hydrogens (tertiary/aromatic N) is 1. The lowest BCUT2D eigenvalue weighted by Crippen LogP contribution is -2.49. The van der Waals surface area contributed by atoms with Crippen LogP contribution in [0.2, 0.25) is 0 Å². The van der Waals surface area contributed by atoms with Gasteiger partial charge in [-0.2, -0.15) is 0 Å². The van der Waals surface area contributed by atoms with Crippen molar-refractivity contribution in [1.82, 2.24) is 15.5 Å². The molecule has 2 N–H and O–H groups in total. The van der Waals surface area contributed by atoms with Crippen LogP contribution < -0.4 is 15.4 Å². The number of hydrogen-bond acceptors (Lipinski definition) is 4. The van der Waals surface area contributed by atoms with Gasteiger partial charge in [-0.05, 0) is 13.0 Å². The molecule has 2 heterocycles. The van der Waals surface area contributed by atoms with E-state index >= 15 is 0 Å². The highest BCUT2D eigenvalue weighted by atomic mass is 16.5. The molecule has 0 saturated carbocycles. The Balaban J connectivity index is 1.49. The number of rotatable bonds is 4. The second-order valence-electron chi connectivity index (χ2n) is 6.16. The Morgan fingerprint density at radius 2 is 2.09 bits per heavy atom. The molecule has 2 atom stereocenters. The summed E-state index contributed by atoms with van der Waals surface area (Å²) in [5.74, 6) is 0.866. The number of ether oxygens (including phenoxy) is 2. The quantitative estimate of drug-likeness (QED) is 0.883. The van der Waals surface area contributed by atoms with E-state index in [0.29, 0.717) is 6.61 Å². The zero-order valence-corrected chi connectivity index (χ0v) is 13.6. The number of fused-ring (bicyclic) bond motifs is 1. The molecule has 0 radical (unpaired) electrons. The summed E-state index contributed by atoms with van der Waals surface area (Å²) in [7, 11) is 0. The van der Waals surface area contributed by atoms with Gasteiger partial charge in [-0.15, -0.1) is 0 Å². The maximum atomic E-state index is 12.3. The van der Waals surface area contributed by atoms with Gasteiger partial charge in [-0.3, -0.25) is 4.90 Å². The van der Waals surface area contributed by atoms with Gasteiger partial charge in [0.15, 0.2) is 0 Å². The van der Waals surface area contributed by atoms with Crippen LogP contribution in [-0.2, 0) is 4.74 Å². The number of amides is 2. The molecule has 2 amide bonds. The molecule has 1 fully saturated rings. The van der Waals surface area contributed by atoms with Gasteiger partial charge in [0, 0.05) is 37.7 Å². The van der Waals surface area contributed by atoms with E-state index in [-0.39, 0.29) is 18.1 Å². The molecule has 1 aromatic rings. The van der Waals surface area contributed by atoms with Crippen LogP contribution in [0.1, 0.15) is 24.9 Å². The van der Waals surface area contributed by atoms with E-state index < -0.39 is 0 Å². The highest BCUT2D eigenvalue weighted by Gasteiger charge is 2.23. The molecule has 0 spiro atoms. The standard InChI is InChI=1S/C17H25N3O3/c1-13(12-20-7-10-22-11-8-20)18-17(21)19-15-6-9-23-16-5-3-2-4-14(15)16/h2-5,13,15H,6-12H2,1H3,(H2,18,19,21). The molecule has 6 nitrogen and oxygen atoms in total. The minimum absolute atomic E-state index is 0.00976. The first-order valence-electron chi connectivity index (χ1n) is 8.31. The van der Waals surface area contributed by atoms with Crippen molar-refractivity contribution >= 4 is 6.03 Å². The van der Waals surface area contributed by atoms with E-state index in [1.165, 1.54) is 0 Å². The lowest BCUT2D eigenvalue weighted by molar-refractivity contribution is 0.0349. The number of urea groups is 1. The predicted octanol–water partition coefficient (Wildman–Crippen LogP) is 1.53. The monoisotopic (exact) mass is 319 g/mol. The van der Waals surface area contributed by atoms with Gasteiger partial charge >= 0.3 is 6.03 Å². The first kappa shape index (κ1) is 16.1. The Labute approximate surface area is 137 Å². The number of carbonyl (C=O) groups excluding carboxylic acids is 1. The Morgan fingerprint density at radius 3 is 2.91 bits per heavy atom. The van der Waals surface area contributed by atoms with Crippen LogP contribution in [0.15, 0.2) is 24.3 Å². The average molecular weight is 319 g/mol. The highest BCUT2D eigenvalue weighted by Crippen LogP contribution is 2.31. The second kappa shape index (κ2) is 7.66. The summed E-state index contributed by atoms with van der Waals surface area (Å²) in [5, 5.41) is 6.10. The summed E-state index contributed by atoms with van der Waals surface area (Å²) >= 11 is 0. The SMILES string of the molecule is CC(CN1CCOCC1)NC(=O)NC1CCOc2ccccc21. The van der Waals surface area contributed by atoms with Crippen LogP contribution in [0.4, 0.5) is 4.79 Å². The average Bonchev–Trinajstić information content (AvgIpc) is 2.56. The van der Waals surface area contributed by atoms with Crippen LogP contribution in [0.3, 0.4) is 0 Å². The zero-order chi connectivity index (χ0) is 16.1. The van der Waals surface area contributed by atoms with E-state index in [2.05, 4.69) is 15.5 Å². The zero-order valence-electron chi connectivity index (χ0n) is 13.6. The fourth-order valence-electron chi connectivity index (χ4n) is 3.13. The molecule has 1 aromatic carbocycles. The summed E-state index contributed by atoms with van der Waals surface area (Å²) in [6, 6.07) is 7.87. The first-order valence-corrected chi connectivity index (χ1v) is 8.31. The molecule has 1 saturated heterocycles. The van der Waals surface area contributed by atoms with Crippen molar-refractivity contribution in [3.8, 4) is 5.75 Å². The smallest absolute Gasteiger partial charge is 0.315 e. The number of para-hydroxylation sites is 1. The number of nitrogens with one attached hydrogen (secondary N) is 2. The molecule has 2 aliphatic heterocycles. The topological polar surface area (TPSA) is 62.8 Å². The molecule has 6 heteroatoms. The van der Waals surface area contributed by atoms with Crippen molar-refractivity contribution in [2.24, 2.45) is 0 Å². The third-order valence-electron chi connectivity index (χ3n) is 4.28. The Kier molecular flexibility index (Phi) is 5.35. The minimum Gasteiger partial charge on any atom is -0.493 e. The molecule has 126 valence electrons. The largest absolute Gasteiger partial charge is 0.493 e. The van der Waals surface area contributed by atoms with E-state index in [1.807, 2.05) is 31.2 Å². The maximum absolute atomic E-state index is 12.3. The van der Waals surface area contributed by atoms with Crippen molar-refractivity contribution in [2.75, 3.05) is 39.5 Å². The van der Waals surface area contributed by atoms with Crippen molar-refractivity contribution in [3.63, 3.8) is 0 Å². The fourth-order valence-corrected chi connectivity index (χ4v) is 3.13. The molecule has 0 bridgehead atoms. The number of morpholine rings is 1. The molecule has 3 rings (SSSR count). The summed E-state index contributed by atoms with van der Waals surface area (Å²) in [5.41, 5.74) is 1.05. The van der Waals surface area contributed by atoms with Gasteiger partial charge in [0.2, 0.25) is 0 Å². The van der Waals surface area contributed by atoms with Crippen molar-refractivity contribution in [2.45, 2.75) is 25.4 Å². The minimum atomic E-state index is -0.118. The van der Waals surface area contributed by atoms with Crippen LogP contribution >= 0.6 is 0 Å². The number of benzene rings is 1. The van der Waals surface area contributed by atoms with Crippen LogP contribution in [-0.4, -0.2) is 56.4 Å². The third-order valence-corrected chi connectivity index (χ3v) is 4.28. The van der Waals surface area contributed by atoms with Gasteiger partial charge in [-0.1, -0.05) is 18.2 Å². The lowest BCUT2D eigenvalue weighted by atomic mass is 10.0. The van der Waals surface area contributed by atoms with E-state index in [4.69, 9.17) is 9.47 Å². The molecule has 2 aliphatic rings. The fraction of sp³-hybridized carbons (Fsp3) is 0.588. The molecular formula is C17H25N3O3. The van der Waals surface area contributed by atoms with Crippen LogP contribution in [0, 0.1) is 0 Å². The lowest BCUT2D eigenvalue weighted by Gasteiger charge is -2.30. The van der Waals surface area contributed by atoms with Crippen molar-refractivity contribution in [1.29, 1.82) is 0 Å². The summed E-state index contributed by atoms with van der Waals surface area (Å²) < 4.78 is 11.0. The summed E-state index contributed by atoms with van der Waals surface area (Å²) in [6.07, 6.45) is 0.794. The van der Waals surface area contributed by atoms with E-state index in [9.17, 15) is 4.79 Å². The predicted molar refractivity (Wildman–Crippen MR) is 87.7 cm³/mol. The van der Waals surface area contributed by atoms with Crippen molar-refractivity contribution in [3.05, 3.63) is 29.8 Å². The van der Waals surface area contributed by atoms with Gasteiger partial charge in [0.05, 0.1) is 25.9 Å². The first-order chi connectivity index (χ1) is 11.2. The molecular weight excluding hydrogens is 294 g/mol. The van der Waals surface area contributed by atoms with Gasteiger partial charge in [-0.25, -0.2) is 4.79 Å². The molecule has 0 aliphatic carbocycles. The molecule has 2 unspecified atom stereocenters. The van der Waals surface area contributed by atoms with Crippen molar-refractivity contribution < 1.29 is 14.3 Å². The van der Waals surface area contributed by atoms with E-state index in [0.717, 1.165) is 50.6 Å².